The summed E-state index contributed by atoms with van der Waals surface area (Å²) >= 11 is 0. The summed E-state index contributed by atoms with van der Waals surface area (Å²) in [6, 6.07) is 9.50. The van der Waals surface area contributed by atoms with Crippen LogP contribution in [0.25, 0.3) is 0 Å². The van der Waals surface area contributed by atoms with Gasteiger partial charge in [-0.1, -0.05) is 12.1 Å². The van der Waals surface area contributed by atoms with Gasteiger partial charge < -0.3 is 15.4 Å². The Hall–Kier alpha value is -3.03. The fraction of sp³-hybridized carbons (Fsp3) is 0.222. The molecule has 5 nitrogen and oxygen atoms in total. The molecule has 8 heteroatoms. The molecule has 0 aliphatic carbocycles. The number of alkyl halides is 3. The molecule has 2 aromatic carbocycles. The van der Waals surface area contributed by atoms with Crippen molar-refractivity contribution in [2.75, 3.05) is 18.5 Å². The Kier molecular flexibility index (Phi) is 4.83. The van der Waals surface area contributed by atoms with Crippen LogP contribution >= 0.6 is 0 Å². The lowest BCUT2D eigenvalue weighted by Gasteiger charge is -2.18. The van der Waals surface area contributed by atoms with Gasteiger partial charge in [0.05, 0.1) is 11.3 Å². The number of carbonyl (C=O) groups excluding carboxylic acids is 2. The van der Waals surface area contributed by atoms with E-state index in [9.17, 15) is 22.8 Å². The van der Waals surface area contributed by atoms with Crippen LogP contribution in [0.3, 0.4) is 0 Å². The summed E-state index contributed by atoms with van der Waals surface area (Å²) in [5.41, 5.74) is 0.756. The maximum atomic E-state index is 12.5. The van der Waals surface area contributed by atoms with E-state index in [0.29, 0.717) is 29.0 Å². The molecular formula is C18H15F3N2O3. The van der Waals surface area contributed by atoms with Crippen LogP contribution in [0.5, 0.6) is 5.75 Å². The molecule has 2 N–H and O–H groups in total. The first-order chi connectivity index (χ1) is 12.3. The van der Waals surface area contributed by atoms with Gasteiger partial charge in [-0.05, 0) is 42.3 Å². The highest BCUT2D eigenvalue weighted by Crippen LogP contribution is 2.29. The highest BCUT2D eigenvalue weighted by atomic mass is 19.4. The number of ether oxygens (including phenoxy) is 1. The first-order valence-electron chi connectivity index (χ1n) is 7.84. The molecule has 0 radical (unpaired) electrons. The number of halogens is 3. The minimum Gasteiger partial charge on any atom is -0.482 e. The van der Waals surface area contributed by atoms with Crippen LogP contribution < -0.4 is 15.4 Å². The lowest BCUT2D eigenvalue weighted by Crippen LogP contribution is -2.28. The monoisotopic (exact) mass is 364 g/mol. The van der Waals surface area contributed by atoms with E-state index in [-0.39, 0.29) is 25.0 Å². The van der Waals surface area contributed by atoms with Crippen LogP contribution in [0.1, 0.15) is 21.5 Å². The first kappa shape index (κ1) is 17.8. The van der Waals surface area contributed by atoms with Crippen molar-refractivity contribution in [3.8, 4) is 5.75 Å². The van der Waals surface area contributed by atoms with Crippen LogP contribution in [0, 0.1) is 0 Å². The van der Waals surface area contributed by atoms with E-state index in [2.05, 4.69) is 10.6 Å². The minimum absolute atomic E-state index is 0.0638. The lowest BCUT2D eigenvalue weighted by atomic mass is 10.1. The van der Waals surface area contributed by atoms with Crippen molar-refractivity contribution >= 4 is 17.5 Å². The predicted octanol–water partition coefficient (Wildman–Crippen LogP) is 3.01. The summed E-state index contributed by atoms with van der Waals surface area (Å²) < 4.78 is 42.8. The van der Waals surface area contributed by atoms with Gasteiger partial charge >= 0.3 is 6.18 Å². The second-order valence-corrected chi connectivity index (χ2v) is 5.75. The van der Waals surface area contributed by atoms with Crippen molar-refractivity contribution in [3.63, 3.8) is 0 Å². The first-order valence-corrected chi connectivity index (χ1v) is 7.84. The molecule has 0 atom stereocenters. The molecule has 0 bridgehead atoms. The molecule has 0 fully saturated rings. The molecule has 2 aromatic rings. The van der Waals surface area contributed by atoms with Crippen LogP contribution in [-0.4, -0.2) is 25.0 Å². The van der Waals surface area contributed by atoms with Gasteiger partial charge in [0.15, 0.2) is 6.61 Å². The van der Waals surface area contributed by atoms with Crippen molar-refractivity contribution in [1.29, 1.82) is 0 Å². The normalized spacial score (nSPS) is 13.4. The molecule has 0 saturated carbocycles. The number of carbonyl (C=O) groups is 2. The van der Waals surface area contributed by atoms with Crippen LogP contribution in [0.15, 0.2) is 42.5 Å². The van der Waals surface area contributed by atoms with Crippen molar-refractivity contribution < 1.29 is 27.5 Å². The summed E-state index contributed by atoms with van der Waals surface area (Å²) in [5.74, 6) is -0.150. The van der Waals surface area contributed by atoms with Gasteiger partial charge in [0, 0.05) is 12.1 Å². The summed E-state index contributed by atoms with van der Waals surface area (Å²) in [5, 5.41) is 5.31. The zero-order valence-corrected chi connectivity index (χ0v) is 13.5. The third-order valence-electron chi connectivity index (χ3n) is 3.86. The summed E-state index contributed by atoms with van der Waals surface area (Å²) in [6.07, 6.45) is -3.97. The number of nitrogens with one attached hydrogen (secondary N) is 2. The van der Waals surface area contributed by atoms with Gasteiger partial charge in [-0.15, -0.1) is 0 Å². The number of hydrogen-bond acceptors (Lipinski definition) is 3. The van der Waals surface area contributed by atoms with Crippen LogP contribution in [0.2, 0.25) is 0 Å². The largest absolute Gasteiger partial charge is 0.482 e. The van der Waals surface area contributed by atoms with Crippen molar-refractivity contribution in [2.24, 2.45) is 0 Å². The number of hydrogen-bond donors (Lipinski definition) is 2. The number of anilines is 1. The van der Waals surface area contributed by atoms with Crippen LogP contribution in [0.4, 0.5) is 18.9 Å². The molecule has 0 saturated heterocycles. The molecule has 136 valence electrons. The summed E-state index contributed by atoms with van der Waals surface area (Å²) in [4.78, 5) is 23.5. The van der Waals surface area contributed by atoms with Crippen LogP contribution in [-0.2, 0) is 17.4 Å². The minimum atomic E-state index is -4.36. The van der Waals surface area contributed by atoms with E-state index in [1.165, 1.54) is 18.2 Å². The van der Waals surface area contributed by atoms with Gasteiger partial charge in [-0.25, -0.2) is 0 Å². The van der Waals surface area contributed by atoms with E-state index in [1.807, 2.05) is 0 Å². The highest BCUT2D eigenvalue weighted by molar-refractivity contribution is 5.99. The fourth-order valence-electron chi connectivity index (χ4n) is 2.51. The average molecular weight is 364 g/mol. The predicted molar refractivity (Wildman–Crippen MR) is 88.0 cm³/mol. The second-order valence-electron chi connectivity index (χ2n) is 5.75. The molecule has 1 aliphatic rings. The van der Waals surface area contributed by atoms with Gasteiger partial charge in [0.25, 0.3) is 11.8 Å². The molecule has 0 aromatic heterocycles. The summed E-state index contributed by atoms with van der Waals surface area (Å²) in [7, 11) is 0. The third kappa shape index (κ3) is 4.14. The maximum Gasteiger partial charge on any atom is 0.416 e. The van der Waals surface area contributed by atoms with Crippen molar-refractivity contribution in [1.82, 2.24) is 5.32 Å². The quantitative estimate of drug-likeness (QED) is 0.876. The fourth-order valence-corrected chi connectivity index (χ4v) is 2.51. The maximum absolute atomic E-state index is 12.5. The Labute approximate surface area is 147 Å². The SMILES string of the molecule is O=C1COc2ccc(C(=O)NCCc3ccc(C(F)(F)F)cc3)cc2N1. The average Bonchev–Trinajstić information content (AvgIpc) is 2.60. The number of benzene rings is 2. The van der Waals surface area contributed by atoms with Gasteiger partial charge in [-0.3, -0.25) is 9.59 Å². The van der Waals surface area contributed by atoms with Crippen molar-refractivity contribution in [2.45, 2.75) is 12.6 Å². The Balaban J connectivity index is 1.56. The lowest BCUT2D eigenvalue weighted by molar-refractivity contribution is -0.137. The molecule has 1 aliphatic heterocycles. The second kappa shape index (κ2) is 7.07. The van der Waals surface area contributed by atoms with Gasteiger partial charge in [0.1, 0.15) is 5.75 Å². The molecule has 26 heavy (non-hydrogen) atoms. The topological polar surface area (TPSA) is 67.4 Å². The Morgan fingerprint density at radius 2 is 1.88 bits per heavy atom. The number of fused-ring (bicyclic) bond motifs is 1. The molecule has 2 amide bonds. The molecule has 0 unspecified atom stereocenters. The molecule has 3 rings (SSSR count). The van der Waals surface area contributed by atoms with Gasteiger partial charge in [0.2, 0.25) is 0 Å². The van der Waals surface area contributed by atoms with E-state index in [1.54, 1.807) is 12.1 Å². The summed E-state index contributed by atoms with van der Waals surface area (Å²) in [6.45, 7) is 0.204. The highest BCUT2D eigenvalue weighted by Gasteiger charge is 2.29. The van der Waals surface area contributed by atoms with E-state index >= 15 is 0 Å². The third-order valence-corrected chi connectivity index (χ3v) is 3.86. The zero-order valence-electron chi connectivity index (χ0n) is 13.5. The van der Waals surface area contributed by atoms with E-state index in [4.69, 9.17) is 4.74 Å². The van der Waals surface area contributed by atoms with Crippen molar-refractivity contribution in [3.05, 3.63) is 59.2 Å². The van der Waals surface area contributed by atoms with E-state index in [0.717, 1.165) is 12.1 Å². The molecular weight excluding hydrogens is 349 g/mol. The van der Waals surface area contributed by atoms with E-state index < -0.39 is 11.7 Å². The van der Waals surface area contributed by atoms with Gasteiger partial charge in [-0.2, -0.15) is 13.2 Å². The number of rotatable bonds is 4. The smallest absolute Gasteiger partial charge is 0.416 e. The standard InChI is InChI=1S/C18H15F3N2O3/c19-18(20,21)13-4-1-11(2-5-13)7-8-22-17(25)12-3-6-15-14(9-12)23-16(24)10-26-15/h1-6,9H,7-8,10H2,(H,22,25)(H,23,24). The molecule has 1 heterocycles. The Bertz CT molecular complexity index is 833. The zero-order chi connectivity index (χ0) is 18.7. The number of amides is 2. The Morgan fingerprint density at radius 3 is 2.58 bits per heavy atom. The molecule has 0 spiro atoms. The Morgan fingerprint density at radius 1 is 1.15 bits per heavy atom.